The predicted octanol–water partition coefficient (Wildman–Crippen LogP) is 0.403. The zero-order chi connectivity index (χ0) is 6.97. The smallest absolute Gasteiger partial charge is 0.220 e. The van der Waals surface area contributed by atoms with Crippen LogP contribution in [0.2, 0.25) is 0 Å². The minimum atomic E-state index is 0.714. The Hall–Kier alpha value is -1.58. The van der Waals surface area contributed by atoms with Gasteiger partial charge in [-0.05, 0) is 6.07 Å². The highest BCUT2D eigenvalue weighted by atomic mass is 16.1. The van der Waals surface area contributed by atoms with Crippen molar-refractivity contribution in [3.05, 3.63) is 18.6 Å². The van der Waals surface area contributed by atoms with Crippen molar-refractivity contribution >= 4 is 17.6 Å². The monoisotopic (exact) mass is 135 g/mol. The molecule has 50 valence electrons. The Labute approximate surface area is 56.5 Å². The fourth-order valence-corrected chi connectivity index (χ4v) is 0.925. The van der Waals surface area contributed by atoms with Crippen LogP contribution in [-0.2, 0) is 4.79 Å². The van der Waals surface area contributed by atoms with Gasteiger partial charge in [0.05, 0.1) is 0 Å². The molecule has 2 aromatic heterocycles. The number of H-pyrrole nitrogens is 1. The van der Waals surface area contributed by atoms with Crippen LogP contribution in [0.15, 0.2) is 18.6 Å². The minimum Gasteiger partial charge on any atom is -0.346 e. The summed E-state index contributed by atoms with van der Waals surface area (Å²) in [5.41, 5.74) is 1.56. The third kappa shape index (κ3) is 0.500. The summed E-state index contributed by atoms with van der Waals surface area (Å²) in [6.45, 7) is 0. The largest absolute Gasteiger partial charge is 0.346 e. The lowest BCUT2D eigenvalue weighted by atomic mass is 10.6. The normalized spacial score (nSPS) is 10.4. The fourth-order valence-electron chi connectivity index (χ4n) is 0.925. The van der Waals surface area contributed by atoms with Crippen LogP contribution in [-0.4, -0.2) is 20.9 Å². The van der Waals surface area contributed by atoms with Crippen molar-refractivity contribution in [2.24, 2.45) is 0 Å². The molecule has 0 aliphatic carbocycles. The first-order valence-electron chi connectivity index (χ1n) is 2.87. The highest BCUT2D eigenvalue weighted by Gasteiger charge is 1.99. The lowest BCUT2D eigenvalue weighted by Crippen LogP contribution is -1.90. The van der Waals surface area contributed by atoms with E-state index in [1.165, 1.54) is 10.9 Å². The molecule has 1 N–H and O–H groups in total. The first kappa shape index (κ1) is 5.22. The van der Waals surface area contributed by atoms with E-state index in [-0.39, 0.29) is 0 Å². The van der Waals surface area contributed by atoms with Crippen LogP contribution in [0.4, 0.5) is 0 Å². The molecule has 0 aromatic carbocycles. The van der Waals surface area contributed by atoms with Crippen LogP contribution >= 0.6 is 0 Å². The molecule has 2 heterocycles. The predicted molar refractivity (Wildman–Crippen MR) is 36.2 cm³/mol. The van der Waals surface area contributed by atoms with Crippen LogP contribution in [0.1, 0.15) is 0 Å². The SMILES string of the molecule is O=Cn1cnc2cc[nH]c21. The standard InChI is InChI=1S/C6H5N3O/c10-4-9-3-8-5-1-2-7-6(5)9/h1-4,7H. The van der Waals surface area contributed by atoms with Gasteiger partial charge in [-0.1, -0.05) is 0 Å². The summed E-state index contributed by atoms with van der Waals surface area (Å²) in [5.74, 6) is 0. The van der Waals surface area contributed by atoms with Crippen molar-refractivity contribution in [2.75, 3.05) is 0 Å². The van der Waals surface area contributed by atoms with Crippen molar-refractivity contribution in [3.8, 4) is 0 Å². The third-order valence-electron chi connectivity index (χ3n) is 1.40. The van der Waals surface area contributed by atoms with E-state index in [4.69, 9.17) is 0 Å². The van der Waals surface area contributed by atoms with Crippen LogP contribution in [0.5, 0.6) is 0 Å². The van der Waals surface area contributed by atoms with E-state index >= 15 is 0 Å². The number of nitrogens with zero attached hydrogens (tertiary/aromatic N) is 2. The number of imidazole rings is 1. The number of aromatic amines is 1. The Morgan fingerprint density at radius 2 is 2.60 bits per heavy atom. The van der Waals surface area contributed by atoms with E-state index in [1.54, 1.807) is 6.20 Å². The molecule has 0 spiro atoms. The van der Waals surface area contributed by atoms with Gasteiger partial charge in [0, 0.05) is 6.20 Å². The average Bonchev–Trinajstić information content (AvgIpc) is 2.44. The quantitative estimate of drug-likeness (QED) is 0.575. The molecule has 10 heavy (non-hydrogen) atoms. The van der Waals surface area contributed by atoms with Crippen LogP contribution in [0.3, 0.4) is 0 Å². The average molecular weight is 135 g/mol. The summed E-state index contributed by atoms with van der Waals surface area (Å²) in [6, 6.07) is 1.81. The molecular formula is C6H5N3O. The summed E-state index contributed by atoms with van der Waals surface area (Å²) in [4.78, 5) is 17.1. The topological polar surface area (TPSA) is 50.7 Å². The van der Waals surface area contributed by atoms with Crippen molar-refractivity contribution < 1.29 is 4.79 Å². The van der Waals surface area contributed by atoms with Gasteiger partial charge in [0.15, 0.2) is 0 Å². The maximum Gasteiger partial charge on any atom is 0.220 e. The summed E-state index contributed by atoms with van der Waals surface area (Å²) in [6.07, 6.45) is 3.94. The van der Waals surface area contributed by atoms with E-state index in [0.29, 0.717) is 6.41 Å². The molecule has 0 atom stereocenters. The van der Waals surface area contributed by atoms with Crippen molar-refractivity contribution in [2.45, 2.75) is 0 Å². The second-order valence-electron chi connectivity index (χ2n) is 1.97. The molecule has 0 radical (unpaired) electrons. The molecule has 0 saturated carbocycles. The molecule has 0 bridgehead atoms. The van der Waals surface area contributed by atoms with E-state index < -0.39 is 0 Å². The van der Waals surface area contributed by atoms with E-state index in [9.17, 15) is 4.79 Å². The zero-order valence-corrected chi connectivity index (χ0v) is 5.11. The number of nitrogens with one attached hydrogen (secondary N) is 1. The molecule has 0 saturated heterocycles. The molecule has 4 heteroatoms. The lowest BCUT2D eigenvalue weighted by Gasteiger charge is -1.83. The molecule has 4 nitrogen and oxygen atoms in total. The second kappa shape index (κ2) is 1.70. The Bertz CT molecular complexity index is 360. The number of aromatic nitrogens is 3. The number of hydrogen-bond donors (Lipinski definition) is 1. The molecular weight excluding hydrogens is 130 g/mol. The summed E-state index contributed by atoms with van der Waals surface area (Å²) in [5, 5.41) is 0. The summed E-state index contributed by atoms with van der Waals surface area (Å²) >= 11 is 0. The second-order valence-corrected chi connectivity index (χ2v) is 1.97. The van der Waals surface area contributed by atoms with Gasteiger partial charge < -0.3 is 4.98 Å². The maximum absolute atomic E-state index is 10.3. The summed E-state index contributed by atoms with van der Waals surface area (Å²) in [7, 11) is 0. The lowest BCUT2D eigenvalue weighted by molar-refractivity contribution is 0.548. The number of carbonyl (C=O) groups excluding carboxylic acids is 1. The molecule has 0 unspecified atom stereocenters. The molecule has 0 amide bonds. The van der Waals surface area contributed by atoms with E-state index in [1.807, 2.05) is 6.07 Å². The maximum atomic E-state index is 10.3. The Morgan fingerprint density at radius 3 is 3.40 bits per heavy atom. The van der Waals surface area contributed by atoms with Crippen LogP contribution in [0, 0.1) is 0 Å². The van der Waals surface area contributed by atoms with Crippen molar-refractivity contribution in [1.82, 2.24) is 14.5 Å². The van der Waals surface area contributed by atoms with Gasteiger partial charge in [-0.15, -0.1) is 0 Å². The van der Waals surface area contributed by atoms with Gasteiger partial charge in [-0.2, -0.15) is 0 Å². The fraction of sp³-hybridized carbons (Fsp3) is 0. The van der Waals surface area contributed by atoms with Crippen molar-refractivity contribution in [1.29, 1.82) is 0 Å². The van der Waals surface area contributed by atoms with Gasteiger partial charge in [0.1, 0.15) is 17.5 Å². The number of hydrogen-bond acceptors (Lipinski definition) is 2. The summed E-state index contributed by atoms with van der Waals surface area (Å²) < 4.78 is 1.40. The van der Waals surface area contributed by atoms with E-state index in [2.05, 4.69) is 9.97 Å². The van der Waals surface area contributed by atoms with Gasteiger partial charge in [-0.3, -0.25) is 9.36 Å². The Balaban J connectivity index is 2.88. The molecule has 0 aliphatic rings. The Kier molecular flexibility index (Phi) is 0.887. The molecule has 0 fully saturated rings. The van der Waals surface area contributed by atoms with Crippen LogP contribution in [0.25, 0.3) is 11.2 Å². The molecule has 2 aromatic rings. The number of rotatable bonds is 1. The zero-order valence-electron chi connectivity index (χ0n) is 5.11. The van der Waals surface area contributed by atoms with Gasteiger partial charge in [0.25, 0.3) is 0 Å². The van der Waals surface area contributed by atoms with E-state index in [0.717, 1.165) is 11.2 Å². The van der Waals surface area contributed by atoms with Gasteiger partial charge in [0.2, 0.25) is 6.41 Å². The number of fused-ring (bicyclic) bond motifs is 1. The van der Waals surface area contributed by atoms with Crippen LogP contribution < -0.4 is 0 Å². The highest BCUT2D eigenvalue weighted by Crippen LogP contribution is 2.06. The third-order valence-corrected chi connectivity index (χ3v) is 1.40. The Morgan fingerprint density at radius 1 is 1.70 bits per heavy atom. The molecule has 0 aliphatic heterocycles. The first-order chi connectivity index (χ1) is 4.92. The minimum absolute atomic E-state index is 0.714. The molecule has 2 rings (SSSR count). The van der Waals surface area contributed by atoms with Gasteiger partial charge >= 0.3 is 0 Å². The van der Waals surface area contributed by atoms with Gasteiger partial charge in [-0.25, -0.2) is 4.98 Å². The number of carbonyl (C=O) groups is 1. The first-order valence-corrected chi connectivity index (χ1v) is 2.87. The van der Waals surface area contributed by atoms with Crippen molar-refractivity contribution in [3.63, 3.8) is 0 Å². The highest BCUT2D eigenvalue weighted by molar-refractivity contribution is 5.78.